The SMILES string of the molecule is COc1ccc(OC)c(CCN2C(=O)CCC2(C)C(=O)NC2CCCC2)c1. The smallest absolute Gasteiger partial charge is 0.245 e. The Morgan fingerprint density at radius 3 is 2.67 bits per heavy atom. The van der Waals surface area contributed by atoms with Crippen LogP contribution in [0.25, 0.3) is 0 Å². The molecule has 2 amide bonds. The molecule has 148 valence electrons. The number of ether oxygens (including phenoxy) is 2. The van der Waals surface area contributed by atoms with Crippen molar-refractivity contribution in [2.45, 2.75) is 63.5 Å². The Kier molecular flexibility index (Phi) is 5.92. The molecule has 2 fully saturated rings. The molecule has 1 atom stereocenters. The minimum absolute atomic E-state index is 0.0159. The van der Waals surface area contributed by atoms with Crippen molar-refractivity contribution in [3.8, 4) is 11.5 Å². The molecule has 1 unspecified atom stereocenters. The molecule has 0 spiro atoms. The second-order valence-corrected chi connectivity index (χ2v) is 7.70. The predicted octanol–water partition coefficient (Wildman–Crippen LogP) is 2.69. The molecule has 1 saturated heterocycles. The van der Waals surface area contributed by atoms with Crippen molar-refractivity contribution in [2.75, 3.05) is 20.8 Å². The number of rotatable bonds is 7. The van der Waals surface area contributed by atoms with Crippen LogP contribution < -0.4 is 14.8 Å². The first kappa shape index (κ1) is 19.5. The number of hydrogen-bond acceptors (Lipinski definition) is 4. The lowest BCUT2D eigenvalue weighted by Gasteiger charge is -2.35. The summed E-state index contributed by atoms with van der Waals surface area (Å²) in [5, 5.41) is 3.17. The minimum atomic E-state index is -0.772. The van der Waals surface area contributed by atoms with E-state index in [-0.39, 0.29) is 17.9 Å². The highest BCUT2D eigenvalue weighted by atomic mass is 16.5. The second kappa shape index (κ2) is 8.19. The van der Waals surface area contributed by atoms with Crippen molar-refractivity contribution < 1.29 is 19.1 Å². The molecule has 1 aromatic carbocycles. The van der Waals surface area contributed by atoms with Gasteiger partial charge in [-0.3, -0.25) is 9.59 Å². The molecule has 6 nitrogen and oxygen atoms in total. The molecule has 1 aliphatic carbocycles. The van der Waals surface area contributed by atoms with Gasteiger partial charge in [-0.05, 0) is 56.4 Å². The number of carbonyl (C=O) groups is 2. The average molecular weight is 374 g/mol. The van der Waals surface area contributed by atoms with Gasteiger partial charge >= 0.3 is 0 Å². The van der Waals surface area contributed by atoms with E-state index in [9.17, 15) is 9.59 Å². The summed E-state index contributed by atoms with van der Waals surface area (Å²) in [4.78, 5) is 27.2. The van der Waals surface area contributed by atoms with Gasteiger partial charge in [0.15, 0.2) is 0 Å². The van der Waals surface area contributed by atoms with E-state index in [1.165, 1.54) is 12.8 Å². The van der Waals surface area contributed by atoms with Gasteiger partial charge in [0.1, 0.15) is 17.0 Å². The van der Waals surface area contributed by atoms with E-state index in [1.807, 2.05) is 25.1 Å². The largest absolute Gasteiger partial charge is 0.497 e. The Balaban J connectivity index is 1.72. The van der Waals surface area contributed by atoms with Crippen LogP contribution in [-0.4, -0.2) is 49.1 Å². The summed E-state index contributed by atoms with van der Waals surface area (Å²) in [6.45, 7) is 2.38. The fraction of sp³-hybridized carbons (Fsp3) is 0.619. The number of amides is 2. The number of methoxy groups -OCH3 is 2. The summed E-state index contributed by atoms with van der Waals surface area (Å²) in [7, 11) is 3.26. The first-order valence-corrected chi connectivity index (χ1v) is 9.80. The third-order valence-electron chi connectivity index (χ3n) is 5.99. The van der Waals surface area contributed by atoms with Gasteiger partial charge < -0.3 is 19.7 Å². The molecule has 6 heteroatoms. The molecular weight excluding hydrogens is 344 g/mol. The van der Waals surface area contributed by atoms with Crippen LogP contribution in [0.1, 0.15) is 51.0 Å². The van der Waals surface area contributed by atoms with Crippen LogP contribution in [0, 0.1) is 0 Å². The van der Waals surface area contributed by atoms with Crippen molar-refractivity contribution in [3.63, 3.8) is 0 Å². The summed E-state index contributed by atoms with van der Waals surface area (Å²) in [5.74, 6) is 1.54. The van der Waals surface area contributed by atoms with Crippen LogP contribution in [0.4, 0.5) is 0 Å². The summed E-state index contributed by atoms with van der Waals surface area (Å²) < 4.78 is 10.7. The van der Waals surface area contributed by atoms with Crippen LogP contribution in [0.2, 0.25) is 0 Å². The zero-order chi connectivity index (χ0) is 19.4. The number of benzene rings is 1. The molecule has 3 rings (SSSR count). The Morgan fingerprint density at radius 2 is 2.00 bits per heavy atom. The molecule has 1 N–H and O–H groups in total. The third kappa shape index (κ3) is 4.04. The van der Waals surface area contributed by atoms with Crippen LogP contribution in [0.15, 0.2) is 18.2 Å². The van der Waals surface area contributed by atoms with Crippen molar-refractivity contribution in [1.82, 2.24) is 10.2 Å². The van der Waals surface area contributed by atoms with Gasteiger partial charge in [-0.15, -0.1) is 0 Å². The van der Waals surface area contributed by atoms with Crippen LogP contribution in [0.3, 0.4) is 0 Å². The van der Waals surface area contributed by atoms with Gasteiger partial charge in [0, 0.05) is 19.0 Å². The Morgan fingerprint density at radius 1 is 1.26 bits per heavy atom. The zero-order valence-corrected chi connectivity index (χ0v) is 16.5. The first-order chi connectivity index (χ1) is 13.0. The monoisotopic (exact) mass is 374 g/mol. The molecular formula is C21H30N2O4. The summed E-state index contributed by atoms with van der Waals surface area (Å²) >= 11 is 0. The predicted molar refractivity (Wildman–Crippen MR) is 103 cm³/mol. The molecule has 1 aliphatic heterocycles. The van der Waals surface area contributed by atoms with Gasteiger partial charge in [0.25, 0.3) is 0 Å². The van der Waals surface area contributed by atoms with Crippen molar-refractivity contribution in [1.29, 1.82) is 0 Å². The van der Waals surface area contributed by atoms with Gasteiger partial charge in [-0.2, -0.15) is 0 Å². The molecule has 27 heavy (non-hydrogen) atoms. The van der Waals surface area contributed by atoms with E-state index >= 15 is 0 Å². The average Bonchev–Trinajstić information content (AvgIpc) is 3.28. The molecule has 1 aromatic rings. The van der Waals surface area contributed by atoms with Gasteiger partial charge in [0.05, 0.1) is 14.2 Å². The third-order valence-corrected chi connectivity index (χ3v) is 5.99. The van der Waals surface area contributed by atoms with Crippen molar-refractivity contribution in [3.05, 3.63) is 23.8 Å². The standard InChI is InChI=1S/C21H30N2O4/c1-21(20(25)22-16-6-4-5-7-16)12-10-19(24)23(21)13-11-15-14-17(26-2)8-9-18(15)27-3/h8-9,14,16H,4-7,10-13H2,1-3H3,(H,22,25). The maximum Gasteiger partial charge on any atom is 0.245 e. The summed E-state index contributed by atoms with van der Waals surface area (Å²) in [6, 6.07) is 5.90. The van der Waals surface area contributed by atoms with Crippen LogP contribution in [0.5, 0.6) is 11.5 Å². The zero-order valence-electron chi connectivity index (χ0n) is 16.5. The van der Waals surface area contributed by atoms with E-state index in [4.69, 9.17) is 9.47 Å². The maximum atomic E-state index is 13.0. The molecule has 0 radical (unpaired) electrons. The van der Waals surface area contributed by atoms with Gasteiger partial charge in [0.2, 0.25) is 11.8 Å². The fourth-order valence-electron chi connectivity index (χ4n) is 4.22. The van der Waals surface area contributed by atoms with Crippen LogP contribution in [-0.2, 0) is 16.0 Å². The lowest BCUT2D eigenvalue weighted by Crippen LogP contribution is -2.56. The number of carbonyl (C=O) groups excluding carboxylic acids is 2. The molecule has 0 aromatic heterocycles. The highest BCUT2D eigenvalue weighted by Crippen LogP contribution is 2.32. The Labute approximate surface area is 161 Å². The van der Waals surface area contributed by atoms with E-state index in [2.05, 4.69) is 5.32 Å². The Hall–Kier alpha value is -2.24. The number of likely N-dealkylation sites (tertiary alicyclic amines) is 1. The van der Waals surface area contributed by atoms with E-state index < -0.39 is 5.54 Å². The molecule has 1 saturated carbocycles. The quantitative estimate of drug-likeness (QED) is 0.797. The van der Waals surface area contributed by atoms with Gasteiger partial charge in [-0.1, -0.05) is 12.8 Å². The van der Waals surface area contributed by atoms with E-state index in [0.717, 1.165) is 29.9 Å². The van der Waals surface area contributed by atoms with Gasteiger partial charge in [-0.25, -0.2) is 0 Å². The normalized spacial score (nSPS) is 22.9. The summed E-state index contributed by atoms with van der Waals surface area (Å²) in [5.41, 5.74) is 0.196. The van der Waals surface area contributed by atoms with Crippen molar-refractivity contribution in [2.24, 2.45) is 0 Å². The maximum absolute atomic E-state index is 13.0. The summed E-state index contributed by atoms with van der Waals surface area (Å²) in [6.07, 6.45) is 6.01. The lowest BCUT2D eigenvalue weighted by atomic mass is 9.96. The Bertz CT molecular complexity index is 699. The van der Waals surface area contributed by atoms with E-state index in [0.29, 0.717) is 25.8 Å². The highest BCUT2D eigenvalue weighted by molar-refractivity contribution is 5.94. The lowest BCUT2D eigenvalue weighted by molar-refractivity contribution is -0.140. The van der Waals surface area contributed by atoms with Crippen LogP contribution >= 0.6 is 0 Å². The topological polar surface area (TPSA) is 67.9 Å². The molecule has 0 bridgehead atoms. The van der Waals surface area contributed by atoms with E-state index in [1.54, 1.807) is 19.1 Å². The number of nitrogens with zero attached hydrogens (tertiary/aromatic N) is 1. The molecule has 1 heterocycles. The second-order valence-electron chi connectivity index (χ2n) is 7.70. The fourth-order valence-corrected chi connectivity index (χ4v) is 4.22. The molecule has 2 aliphatic rings. The first-order valence-electron chi connectivity index (χ1n) is 9.80. The highest BCUT2D eigenvalue weighted by Gasteiger charge is 2.47. The minimum Gasteiger partial charge on any atom is -0.497 e. The number of nitrogens with one attached hydrogen (secondary N) is 1. The van der Waals surface area contributed by atoms with Crippen molar-refractivity contribution >= 4 is 11.8 Å². The number of hydrogen-bond donors (Lipinski definition) is 1.